The summed E-state index contributed by atoms with van der Waals surface area (Å²) in [6.45, 7) is 0. The Balaban J connectivity index is 2.70. The number of allylic oxidation sites excluding steroid dienone is 4. The molecule has 2 rings (SSSR count). The number of hydrogen-bond donors (Lipinski definition) is 1. The predicted molar refractivity (Wildman–Crippen MR) is 82.3 cm³/mol. The van der Waals surface area contributed by atoms with Gasteiger partial charge in [0.2, 0.25) is 0 Å². The van der Waals surface area contributed by atoms with Gasteiger partial charge in [-0.1, -0.05) is 23.8 Å². The number of nitro groups is 1. The molecule has 1 unspecified atom stereocenters. The Morgan fingerprint density at radius 2 is 2.00 bits per heavy atom. The van der Waals surface area contributed by atoms with E-state index in [1.54, 1.807) is 0 Å². The van der Waals surface area contributed by atoms with Crippen LogP contribution in [0.3, 0.4) is 0 Å². The van der Waals surface area contributed by atoms with Crippen LogP contribution in [0.15, 0.2) is 47.0 Å². The third-order valence-corrected chi connectivity index (χ3v) is 5.07. The van der Waals surface area contributed by atoms with E-state index in [1.165, 1.54) is 0 Å². The van der Waals surface area contributed by atoms with Gasteiger partial charge in [0, 0.05) is 11.1 Å². The van der Waals surface area contributed by atoms with Gasteiger partial charge in [-0.3, -0.25) is 14.7 Å². The summed E-state index contributed by atoms with van der Waals surface area (Å²) in [5, 5.41) is 11.1. The minimum Gasteiger partial charge on any atom is -0.282 e. The summed E-state index contributed by atoms with van der Waals surface area (Å²) in [6.07, 6.45) is -3.89. The zero-order chi connectivity index (χ0) is 19.0. The summed E-state index contributed by atoms with van der Waals surface area (Å²) >= 11 is 5.72. The Morgan fingerprint density at radius 1 is 1.36 bits per heavy atom. The molecule has 0 amide bonds. The van der Waals surface area contributed by atoms with Crippen molar-refractivity contribution >= 4 is 21.7 Å². The fraction of sp³-hybridized carbons (Fsp3) is 0.286. The van der Waals surface area contributed by atoms with Crippen LogP contribution >= 0.6 is 11.6 Å². The van der Waals surface area contributed by atoms with Crippen LogP contribution in [0.2, 0.25) is 5.02 Å². The maximum absolute atomic E-state index is 13.8. The Labute approximate surface area is 145 Å². The molecule has 1 aliphatic rings. The molecular weight excluding hydrogens is 387 g/mol. The van der Waals surface area contributed by atoms with Gasteiger partial charge in [0.1, 0.15) is 0 Å². The topological polar surface area (TPSA) is 97.5 Å². The van der Waals surface area contributed by atoms with E-state index >= 15 is 0 Å². The second-order valence-corrected chi connectivity index (χ2v) is 7.25. The van der Waals surface area contributed by atoms with Crippen LogP contribution in [0.25, 0.3) is 0 Å². The standard InChI is InChI=1S/C14H11ClF3NO5S/c15-10-4-5-11(25(22,23)24)9(7-10)8-13(14(16,17)18)6-2-1-3-12(13)19(20)21/h1-5,7H,6,8H2,(H,22,23,24). The lowest BCUT2D eigenvalue weighted by Gasteiger charge is -2.34. The van der Waals surface area contributed by atoms with Gasteiger partial charge < -0.3 is 0 Å². The Bertz CT molecular complexity index is 879. The molecule has 6 nitrogen and oxygen atoms in total. The molecule has 0 aromatic heterocycles. The molecular formula is C14H11ClF3NO5S. The molecule has 0 fully saturated rings. The Hall–Kier alpha value is -1.91. The highest BCUT2D eigenvalue weighted by atomic mass is 35.5. The first kappa shape index (κ1) is 19.4. The van der Waals surface area contributed by atoms with Crippen LogP contribution in [0.5, 0.6) is 0 Å². The van der Waals surface area contributed by atoms with Crippen molar-refractivity contribution in [3.63, 3.8) is 0 Å². The largest absolute Gasteiger partial charge is 0.405 e. The quantitative estimate of drug-likeness (QED) is 0.473. The molecule has 1 aromatic rings. The van der Waals surface area contributed by atoms with E-state index in [2.05, 4.69) is 0 Å². The van der Waals surface area contributed by atoms with Crippen molar-refractivity contribution in [2.24, 2.45) is 5.41 Å². The van der Waals surface area contributed by atoms with Crippen molar-refractivity contribution in [2.45, 2.75) is 23.9 Å². The minimum absolute atomic E-state index is 0.0716. The molecule has 0 aliphatic heterocycles. The van der Waals surface area contributed by atoms with Crippen molar-refractivity contribution in [2.75, 3.05) is 0 Å². The maximum Gasteiger partial charge on any atom is 0.405 e. The second kappa shape index (κ2) is 6.43. The van der Waals surface area contributed by atoms with Crippen LogP contribution in [-0.4, -0.2) is 24.1 Å². The van der Waals surface area contributed by atoms with E-state index in [-0.39, 0.29) is 5.02 Å². The zero-order valence-electron chi connectivity index (χ0n) is 12.3. The van der Waals surface area contributed by atoms with E-state index in [9.17, 15) is 36.3 Å². The summed E-state index contributed by atoms with van der Waals surface area (Å²) in [4.78, 5) is 9.24. The number of alkyl halides is 3. The van der Waals surface area contributed by atoms with Crippen LogP contribution in [0.4, 0.5) is 13.2 Å². The summed E-state index contributed by atoms with van der Waals surface area (Å²) in [7, 11) is -4.84. The lowest BCUT2D eigenvalue weighted by molar-refractivity contribution is -0.455. The van der Waals surface area contributed by atoms with E-state index in [1.807, 2.05) is 0 Å². The van der Waals surface area contributed by atoms with E-state index < -0.39 is 55.6 Å². The molecule has 0 radical (unpaired) electrons. The average molecular weight is 398 g/mol. The molecule has 136 valence electrons. The third kappa shape index (κ3) is 3.70. The normalized spacial score (nSPS) is 21.1. The number of hydrogen-bond acceptors (Lipinski definition) is 4. The van der Waals surface area contributed by atoms with Gasteiger partial charge in [0.15, 0.2) is 5.41 Å². The number of benzene rings is 1. The predicted octanol–water partition coefficient (Wildman–Crippen LogP) is 3.80. The molecule has 25 heavy (non-hydrogen) atoms. The molecule has 1 aliphatic carbocycles. The van der Waals surface area contributed by atoms with Gasteiger partial charge in [0.05, 0.1) is 9.82 Å². The highest BCUT2D eigenvalue weighted by Gasteiger charge is 2.62. The number of halogens is 4. The highest BCUT2D eigenvalue weighted by molar-refractivity contribution is 7.85. The first-order valence-electron chi connectivity index (χ1n) is 6.73. The van der Waals surface area contributed by atoms with Crippen molar-refractivity contribution < 1.29 is 31.1 Å². The van der Waals surface area contributed by atoms with Crippen LogP contribution in [0.1, 0.15) is 12.0 Å². The fourth-order valence-electron chi connectivity index (χ4n) is 2.71. The van der Waals surface area contributed by atoms with Crippen molar-refractivity contribution in [1.29, 1.82) is 0 Å². The van der Waals surface area contributed by atoms with E-state index in [4.69, 9.17) is 11.6 Å². The van der Waals surface area contributed by atoms with E-state index in [0.717, 1.165) is 36.4 Å². The summed E-state index contributed by atoms with van der Waals surface area (Å²) < 4.78 is 73.5. The molecule has 1 N–H and O–H groups in total. The summed E-state index contributed by atoms with van der Waals surface area (Å²) in [5.41, 5.74) is -4.52. The lowest BCUT2D eigenvalue weighted by atomic mass is 9.73. The molecule has 11 heteroatoms. The zero-order valence-corrected chi connectivity index (χ0v) is 13.9. The minimum atomic E-state index is -5.05. The molecule has 0 heterocycles. The van der Waals surface area contributed by atoms with Crippen LogP contribution < -0.4 is 0 Å². The van der Waals surface area contributed by atoms with Gasteiger partial charge in [-0.05, 0) is 36.6 Å². The Morgan fingerprint density at radius 3 is 2.52 bits per heavy atom. The highest BCUT2D eigenvalue weighted by Crippen LogP contribution is 2.51. The molecule has 0 saturated heterocycles. The van der Waals surface area contributed by atoms with Crippen LogP contribution in [-0.2, 0) is 16.5 Å². The lowest BCUT2D eigenvalue weighted by Crippen LogP contribution is -2.44. The Kier molecular flexibility index (Phi) is 4.99. The van der Waals surface area contributed by atoms with Crippen molar-refractivity contribution in [1.82, 2.24) is 0 Å². The number of nitrogens with zero attached hydrogens (tertiary/aromatic N) is 1. The fourth-order valence-corrected chi connectivity index (χ4v) is 3.61. The summed E-state index contributed by atoms with van der Waals surface area (Å²) in [6, 6.07) is 2.87. The molecule has 1 atom stereocenters. The first-order valence-corrected chi connectivity index (χ1v) is 8.55. The summed E-state index contributed by atoms with van der Waals surface area (Å²) in [5.74, 6) is 0. The average Bonchev–Trinajstić information content (AvgIpc) is 2.45. The molecule has 1 aromatic carbocycles. The van der Waals surface area contributed by atoms with Crippen molar-refractivity contribution in [3.8, 4) is 0 Å². The number of rotatable bonds is 4. The third-order valence-electron chi connectivity index (χ3n) is 3.88. The van der Waals surface area contributed by atoms with Crippen molar-refractivity contribution in [3.05, 3.63) is 62.8 Å². The monoisotopic (exact) mass is 397 g/mol. The van der Waals surface area contributed by atoms with E-state index in [0.29, 0.717) is 0 Å². The van der Waals surface area contributed by atoms with Gasteiger partial charge in [-0.15, -0.1) is 0 Å². The molecule has 0 saturated carbocycles. The van der Waals surface area contributed by atoms with Gasteiger partial charge >= 0.3 is 6.18 Å². The molecule has 0 spiro atoms. The van der Waals surface area contributed by atoms with Gasteiger partial charge in [0.25, 0.3) is 15.8 Å². The smallest absolute Gasteiger partial charge is 0.282 e. The van der Waals surface area contributed by atoms with Gasteiger partial charge in [-0.25, -0.2) is 0 Å². The van der Waals surface area contributed by atoms with Crippen LogP contribution in [0, 0.1) is 15.5 Å². The maximum atomic E-state index is 13.8. The SMILES string of the molecule is O=[N+]([O-])C1=CC=CCC1(Cc1cc(Cl)ccc1S(=O)(=O)O)C(F)(F)F. The first-order chi connectivity index (χ1) is 11.4. The van der Waals surface area contributed by atoms with Gasteiger partial charge in [-0.2, -0.15) is 21.6 Å². The second-order valence-electron chi connectivity index (χ2n) is 5.43. The molecule has 0 bridgehead atoms.